The first-order chi connectivity index (χ1) is 6.90. The summed E-state index contributed by atoms with van der Waals surface area (Å²) in [7, 11) is 1.81. The molecule has 0 spiro atoms. The number of hydrogen-bond acceptors (Lipinski definition) is 2. The Bertz CT molecular complexity index is 376. The summed E-state index contributed by atoms with van der Waals surface area (Å²) < 4.78 is 27.6. The van der Waals surface area contributed by atoms with Gasteiger partial charge in [-0.3, -0.25) is 4.68 Å². The summed E-state index contributed by atoms with van der Waals surface area (Å²) >= 11 is 0. The maximum absolute atomic E-state index is 13.0. The molecule has 0 bridgehead atoms. The maximum Gasteiger partial charge on any atom is 0.250 e. The summed E-state index contributed by atoms with van der Waals surface area (Å²) in [5.74, 6) is -2.55. The molecule has 1 aliphatic rings. The van der Waals surface area contributed by atoms with E-state index < -0.39 is 11.3 Å². The van der Waals surface area contributed by atoms with Gasteiger partial charge in [-0.25, -0.2) is 8.78 Å². The van der Waals surface area contributed by atoms with E-state index >= 15 is 0 Å². The summed E-state index contributed by atoms with van der Waals surface area (Å²) in [5, 5.41) is 4.08. The van der Waals surface area contributed by atoms with Gasteiger partial charge in [0.1, 0.15) is 0 Å². The zero-order valence-corrected chi connectivity index (χ0v) is 8.93. The lowest BCUT2D eigenvalue weighted by molar-refractivity contribution is -0.123. The van der Waals surface area contributed by atoms with Crippen LogP contribution in [0.5, 0.6) is 0 Å². The van der Waals surface area contributed by atoms with Gasteiger partial charge >= 0.3 is 0 Å². The highest BCUT2D eigenvalue weighted by molar-refractivity contribution is 5.32. The lowest BCUT2D eigenvalue weighted by Gasteiger charge is -2.46. The van der Waals surface area contributed by atoms with Crippen molar-refractivity contribution in [2.75, 3.05) is 6.54 Å². The minimum absolute atomic E-state index is 0.150. The van der Waals surface area contributed by atoms with Crippen molar-refractivity contribution in [2.45, 2.75) is 31.1 Å². The van der Waals surface area contributed by atoms with Crippen molar-refractivity contribution < 1.29 is 8.78 Å². The monoisotopic (exact) mass is 215 g/mol. The van der Waals surface area contributed by atoms with Crippen molar-refractivity contribution in [3.05, 3.63) is 17.5 Å². The molecule has 0 saturated heterocycles. The number of rotatable bonds is 2. The number of aryl methyl sites for hydroxylation is 1. The average molecular weight is 215 g/mol. The third-order valence-electron chi connectivity index (χ3n) is 3.39. The van der Waals surface area contributed by atoms with Crippen molar-refractivity contribution >= 4 is 0 Å². The third-order valence-corrected chi connectivity index (χ3v) is 3.39. The van der Waals surface area contributed by atoms with Crippen LogP contribution in [0, 0.1) is 6.92 Å². The molecule has 15 heavy (non-hydrogen) atoms. The second kappa shape index (κ2) is 3.01. The largest absolute Gasteiger partial charge is 0.330 e. The standard InChI is InChI=1S/C10H15F2N3/c1-7-8(3-14-15(7)2)9(6-13)4-10(11,12)5-9/h3H,4-6,13H2,1-2H3. The Morgan fingerprint density at radius 3 is 2.47 bits per heavy atom. The molecule has 1 aromatic heterocycles. The van der Waals surface area contributed by atoms with Crippen LogP contribution in [-0.4, -0.2) is 22.2 Å². The van der Waals surface area contributed by atoms with E-state index in [4.69, 9.17) is 5.73 Å². The van der Waals surface area contributed by atoms with Gasteiger partial charge in [-0.1, -0.05) is 0 Å². The van der Waals surface area contributed by atoms with Gasteiger partial charge in [-0.2, -0.15) is 5.10 Å². The average Bonchev–Trinajstić information content (AvgIpc) is 2.43. The van der Waals surface area contributed by atoms with E-state index in [1.807, 2.05) is 6.92 Å². The number of aromatic nitrogens is 2. The molecule has 3 nitrogen and oxygen atoms in total. The van der Waals surface area contributed by atoms with Crippen LogP contribution in [-0.2, 0) is 12.5 Å². The van der Waals surface area contributed by atoms with E-state index in [2.05, 4.69) is 5.10 Å². The SMILES string of the molecule is Cc1c(C2(CN)CC(F)(F)C2)cnn1C. The molecule has 0 amide bonds. The number of nitrogens with zero attached hydrogens (tertiary/aromatic N) is 2. The van der Waals surface area contributed by atoms with Crippen molar-refractivity contribution in [1.82, 2.24) is 9.78 Å². The predicted octanol–water partition coefficient (Wildman–Crippen LogP) is 1.35. The Hall–Kier alpha value is -0.970. The van der Waals surface area contributed by atoms with Crippen LogP contribution in [0.15, 0.2) is 6.20 Å². The molecular weight excluding hydrogens is 200 g/mol. The van der Waals surface area contributed by atoms with Gasteiger partial charge in [0, 0.05) is 43.1 Å². The molecule has 1 heterocycles. The molecule has 1 fully saturated rings. The Labute approximate surface area is 87.3 Å². The molecule has 84 valence electrons. The van der Waals surface area contributed by atoms with Gasteiger partial charge in [-0.05, 0) is 6.92 Å². The molecule has 0 aromatic carbocycles. The van der Waals surface area contributed by atoms with E-state index in [0.717, 1.165) is 11.3 Å². The second-order valence-corrected chi connectivity index (χ2v) is 4.46. The summed E-state index contributed by atoms with van der Waals surface area (Å²) in [6.45, 7) is 2.14. The Morgan fingerprint density at radius 1 is 1.53 bits per heavy atom. The number of nitrogens with two attached hydrogens (primary N) is 1. The zero-order valence-electron chi connectivity index (χ0n) is 8.93. The minimum Gasteiger partial charge on any atom is -0.330 e. The van der Waals surface area contributed by atoms with Gasteiger partial charge in [-0.15, -0.1) is 0 Å². The van der Waals surface area contributed by atoms with E-state index in [1.54, 1.807) is 17.9 Å². The van der Waals surface area contributed by atoms with E-state index in [1.165, 1.54) is 0 Å². The maximum atomic E-state index is 13.0. The highest BCUT2D eigenvalue weighted by Crippen LogP contribution is 2.53. The van der Waals surface area contributed by atoms with Crippen LogP contribution in [0.4, 0.5) is 8.78 Å². The van der Waals surface area contributed by atoms with Crippen LogP contribution in [0.3, 0.4) is 0 Å². The fourth-order valence-corrected chi connectivity index (χ4v) is 2.40. The molecule has 1 aliphatic carbocycles. The first kappa shape index (κ1) is 10.5. The summed E-state index contributed by atoms with van der Waals surface area (Å²) in [6, 6.07) is 0. The van der Waals surface area contributed by atoms with Gasteiger partial charge < -0.3 is 5.73 Å². The normalized spacial score (nSPS) is 22.5. The summed E-state index contributed by atoms with van der Waals surface area (Å²) in [4.78, 5) is 0. The van der Waals surface area contributed by atoms with E-state index in [9.17, 15) is 8.78 Å². The Balaban J connectivity index is 2.33. The number of alkyl halides is 2. The quantitative estimate of drug-likeness (QED) is 0.809. The van der Waals surface area contributed by atoms with Crippen LogP contribution in [0.2, 0.25) is 0 Å². The molecule has 0 aliphatic heterocycles. The number of halogens is 2. The first-order valence-electron chi connectivity index (χ1n) is 4.97. The van der Waals surface area contributed by atoms with Crippen LogP contribution in [0.25, 0.3) is 0 Å². The van der Waals surface area contributed by atoms with Gasteiger partial charge in [0.2, 0.25) is 5.92 Å². The topological polar surface area (TPSA) is 43.8 Å². The van der Waals surface area contributed by atoms with Crippen LogP contribution in [0.1, 0.15) is 24.1 Å². The molecule has 1 saturated carbocycles. The molecule has 0 atom stereocenters. The molecule has 2 rings (SSSR count). The van der Waals surface area contributed by atoms with Crippen molar-refractivity contribution in [3.63, 3.8) is 0 Å². The van der Waals surface area contributed by atoms with Crippen molar-refractivity contribution in [1.29, 1.82) is 0 Å². The molecule has 2 N–H and O–H groups in total. The van der Waals surface area contributed by atoms with E-state index in [0.29, 0.717) is 0 Å². The molecule has 0 radical (unpaired) electrons. The summed E-state index contributed by atoms with van der Waals surface area (Å²) in [6.07, 6.45) is 1.36. The molecular formula is C10H15F2N3. The Kier molecular flexibility index (Phi) is 2.12. The molecule has 5 heteroatoms. The van der Waals surface area contributed by atoms with E-state index in [-0.39, 0.29) is 19.4 Å². The third kappa shape index (κ3) is 1.45. The molecule has 0 unspecified atom stereocenters. The number of hydrogen-bond donors (Lipinski definition) is 1. The lowest BCUT2D eigenvalue weighted by Crippen LogP contribution is -2.53. The fraction of sp³-hybridized carbons (Fsp3) is 0.700. The fourth-order valence-electron chi connectivity index (χ4n) is 2.40. The summed E-state index contributed by atoms with van der Waals surface area (Å²) in [5.41, 5.74) is 6.88. The molecule has 1 aromatic rings. The van der Waals surface area contributed by atoms with Gasteiger partial charge in [0.25, 0.3) is 0 Å². The Morgan fingerprint density at radius 2 is 2.13 bits per heavy atom. The minimum atomic E-state index is -2.55. The highest BCUT2D eigenvalue weighted by atomic mass is 19.3. The van der Waals surface area contributed by atoms with Crippen molar-refractivity contribution in [3.8, 4) is 0 Å². The van der Waals surface area contributed by atoms with Gasteiger partial charge in [0.15, 0.2) is 0 Å². The predicted molar refractivity (Wildman–Crippen MR) is 52.9 cm³/mol. The highest BCUT2D eigenvalue weighted by Gasteiger charge is 2.57. The van der Waals surface area contributed by atoms with Crippen LogP contribution >= 0.6 is 0 Å². The second-order valence-electron chi connectivity index (χ2n) is 4.46. The smallest absolute Gasteiger partial charge is 0.250 e. The van der Waals surface area contributed by atoms with Crippen molar-refractivity contribution in [2.24, 2.45) is 12.8 Å². The first-order valence-corrected chi connectivity index (χ1v) is 4.97. The van der Waals surface area contributed by atoms with Crippen LogP contribution < -0.4 is 5.73 Å². The zero-order chi connectivity index (χ0) is 11.3. The lowest BCUT2D eigenvalue weighted by atomic mass is 9.62. The van der Waals surface area contributed by atoms with Gasteiger partial charge in [0.05, 0.1) is 6.20 Å².